The summed E-state index contributed by atoms with van der Waals surface area (Å²) in [6, 6.07) is 16.7. The van der Waals surface area contributed by atoms with Crippen LogP contribution in [0, 0.1) is 12.7 Å². The molecule has 0 aliphatic rings. The number of tetrazole rings is 1. The molecule has 0 bridgehead atoms. The van der Waals surface area contributed by atoms with Gasteiger partial charge >= 0.3 is 5.97 Å². The summed E-state index contributed by atoms with van der Waals surface area (Å²) in [6.07, 6.45) is 0. The van der Waals surface area contributed by atoms with Gasteiger partial charge in [0.2, 0.25) is 5.82 Å². The van der Waals surface area contributed by atoms with Gasteiger partial charge in [-0.05, 0) is 41.3 Å². The number of nitrogens with zero attached hydrogens (tertiary/aromatic N) is 4. The Morgan fingerprint density at radius 3 is 2.58 bits per heavy atom. The highest BCUT2D eigenvalue weighted by Gasteiger charge is 2.19. The van der Waals surface area contributed by atoms with Crippen LogP contribution in [-0.4, -0.2) is 38.7 Å². The van der Waals surface area contributed by atoms with E-state index >= 15 is 0 Å². The Morgan fingerprint density at radius 2 is 1.88 bits per heavy atom. The highest BCUT2D eigenvalue weighted by Crippen LogP contribution is 2.26. The molecule has 2 aromatic heterocycles. The summed E-state index contributed by atoms with van der Waals surface area (Å²) in [5.74, 6) is -1.14. The molecule has 0 saturated carbocycles. The van der Waals surface area contributed by atoms with Crippen LogP contribution >= 0.6 is 11.3 Å². The van der Waals surface area contributed by atoms with Crippen molar-refractivity contribution in [3.63, 3.8) is 0 Å². The van der Waals surface area contributed by atoms with Gasteiger partial charge in [-0.3, -0.25) is 4.79 Å². The van der Waals surface area contributed by atoms with Crippen LogP contribution in [0.1, 0.15) is 22.0 Å². The van der Waals surface area contributed by atoms with Crippen LogP contribution in [0.3, 0.4) is 0 Å². The Bertz CT molecular complexity index is 1220. The molecule has 0 fully saturated rings. The Labute approximate surface area is 193 Å². The molecule has 4 aromatic rings. The highest BCUT2D eigenvalue weighted by atomic mass is 32.1. The second-order valence-corrected chi connectivity index (χ2v) is 8.22. The number of hydrogen-bond donors (Lipinski definition) is 1. The fraction of sp³-hybridized carbons (Fsp3) is 0.174. The number of aryl methyl sites for hydroxylation is 1. The molecular formula is C23H20FN5O3S. The molecule has 1 amide bonds. The first-order valence-corrected chi connectivity index (χ1v) is 10.9. The van der Waals surface area contributed by atoms with E-state index in [2.05, 4.69) is 20.7 Å². The Balaban J connectivity index is 1.33. The van der Waals surface area contributed by atoms with Gasteiger partial charge in [-0.1, -0.05) is 48.0 Å². The van der Waals surface area contributed by atoms with Crippen molar-refractivity contribution in [3.8, 4) is 11.4 Å². The molecule has 2 aromatic carbocycles. The van der Waals surface area contributed by atoms with E-state index in [9.17, 15) is 14.0 Å². The van der Waals surface area contributed by atoms with Crippen molar-refractivity contribution >= 4 is 23.2 Å². The first-order chi connectivity index (χ1) is 16.0. The van der Waals surface area contributed by atoms with Gasteiger partial charge in [-0.2, -0.15) is 4.80 Å². The standard InChI is InChI=1S/C23H20FN5O3S/c1-15-4-6-17(7-5-15)23-26-28-29(27-23)13-21(31)32-14-20(30)25-22(19-3-2-12-33-19)16-8-10-18(24)11-9-16/h2-12,22H,13-14H2,1H3,(H,25,30). The largest absolute Gasteiger partial charge is 0.454 e. The van der Waals surface area contributed by atoms with Crippen LogP contribution in [0.4, 0.5) is 4.39 Å². The molecule has 0 aliphatic carbocycles. The molecule has 33 heavy (non-hydrogen) atoms. The lowest BCUT2D eigenvalue weighted by Gasteiger charge is -2.18. The maximum absolute atomic E-state index is 13.3. The van der Waals surface area contributed by atoms with E-state index in [1.54, 1.807) is 12.1 Å². The fourth-order valence-electron chi connectivity index (χ4n) is 3.07. The molecule has 168 valence electrons. The molecule has 1 N–H and O–H groups in total. The number of halogens is 1. The zero-order valence-electron chi connectivity index (χ0n) is 17.6. The summed E-state index contributed by atoms with van der Waals surface area (Å²) < 4.78 is 18.4. The SMILES string of the molecule is Cc1ccc(-c2nnn(CC(=O)OCC(=O)NC(c3ccc(F)cc3)c3cccs3)n2)cc1. The summed E-state index contributed by atoms with van der Waals surface area (Å²) in [5, 5.41) is 16.7. The highest BCUT2D eigenvalue weighted by molar-refractivity contribution is 7.10. The number of benzene rings is 2. The van der Waals surface area contributed by atoms with E-state index in [1.165, 1.54) is 23.5 Å². The van der Waals surface area contributed by atoms with E-state index in [0.717, 1.165) is 20.8 Å². The van der Waals surface area contributed by atoms with Crippen LogP contribution < -0.4 is 5.32 Å². The third-order valence-electron chi connectivity index (χ3n) is 4.73. The molecule has 10 heteroatoms. The molecule has 8 nitrogen and oxygen atoms in total. The lowest BCUT2D eigenvalue weighted by molar-refractivity contribution is -0.149. The Morgan fingerprint density at radius 1 is 1.12 bits per heavy atom. The quantitative estimate of drug-likeness (QED) is 0.401. The van der Waals surface area contributed by atoms with Crippen molar-refractivity contribution in [1.82, 2.24) is 25.5 Å². The van der Waals surface area contributed by atoms with E-state index < -0.39 is 24.5 Å². The third-order valence-corrected chi connectivity index (χ3v) is 5.67. The van der Waals surface area contributed by atoms with E-state index in [0.29, 0.717) is 11.4 Å². The van der Waals surface area contributed by atoms with Crippen LogP contribution in [0.2, 0.25) is 0 Å². The molecular weight excluding hydrogens is 445 g/mol. The molecule has 2 heterocycles. The minimum absolute atomic E-state index is 0.279. The Hall–Kier alpha value is -3.92. The minimum atomic E-state index is -0.674. The fourth-order valence-corrected chi connectivity index (χ4v) is 3.87. The summed E-state index contributed by atoms with van der Waals surface area (Å²) in [4.78, 5) is 26.6. The van der Waals surface area contributed by atoms with Crippen molar-refractivity contribution in [2.45, 2.75) is 19.5 Å². The number of nitrogens with one attached hydrogen (secondary N) is 1. The lowest BCUT2D eigenvalue weighted by Crippen LogP contribution is -2.33. The van der Waals surface area contributed by atoms with Crippen LogP contribution in [-0.2, 0) is 20.9 Å². The van der Waals surface area contributed by atoms with E-state index in [4.69, 9.17) is 4.74 Å². The minimum Gasteiger partial charge on any atom is -0.454 e. The number of aromatic nitrogens is 4. The normalized spacial score (nSPS) is 11.7. The predicted octanol–water partition coefficient (Wildman–Crippen LogP) is 3.30. The predicted molar refractivity (Wildman–Crippen MR) is 120 cm³/mol. The number of thiophene rings is 1. The van der Waals surface area contributed by atoms with Gasteiger partial charge in [-0.25, -0.2) is 9.18 Å². The first kappa shape index (κ1) is 22.3. The lowest BCUT2D eigenvalue weighted by atomic mass is 10.1. The smallest absolute Gasteiger partial charge is 0.330 e. The Kier molecular flexibility index (Phi) is 6.84. The van der Waals surface area contributed by atoms with E-state index in [-0.39, 0.29) is 12.4 Å². The van der Waals surface area contributed by atoms with Gasteiger partial charge in [0.05, 0.1) is 6.04 Å². The van der Waals surface area contributed by atoms with Gasteiger partial charge in [-0.15, -0.1) is 21.5 Å². The van der Waals surface area contributed by atoms with Crippen molar-refractivity contribution in [2.24, 2.45) is 0 Å². The van der Waals surface area contributed by atoms with Gasteiger partial charge in [0.25, 0.3) is 5.91 Å². The molecule has 4 rings (SSSR count). The number of ether oxygens (including phenoxy) is 1. The number of amides is 1. The number of carbonyl (C=O) groups excluding carboxylic acids is 2. The second kappa shape index (κ2) is 10.1. The maximum Gasteiger partial charge on any atom is 0.330 e. The van der Waals surface area contributed by atoms with Crippen molar-refractivity contribution in [1.29, 1.82) is 0 Å². The number of esters is 1. The average Bonchev–Trinajstić information content (AvgIpc) is 3.50. The van der Waals surface area contributed by atoms with Crippen LogP contribution in [0.25, 0.3) is 11.4 Å². The zero-order valence-corrected chi connectivity index (χ0v) is 18.5. The summed E-state index contributed by atoms with van der Waals surface area (Å²) in [7, 11) is 0. The number of rotatable bonds is 8. The van der Waals surface area contributed by atoms with Crippen LogP contribution in [0.15, 0.2) is 66.0 Å². The molecule has 1 atom stereocenters. The topological polar surface area (TPSA) is 99.0 Å². The third kappa shape index (κ3) is 5.86. The summed E-state index contributed by atoms with van der Waals surface area (Å²) in [5.41, 5.74) is 2.60. The average molecular weight is 466 g/mol. The number of carbonyl (C=O) groups is 2. The molecule has 0 radical (unpaired) electrons. The monoisotopic (exact) mass is 465 g/mol. The molecule has 0 saturated heterocycles. The summed E-state index contributed by atoms with van der Waals surface area (Å²) in [6.45, 7) is 1.22. The molecule has 0 spiro atoms. The molecule has 0 aliphatic heterocycles. The second-order valence-electron chi connectivity index (χ2n) is 7.24. The van der Waals surface area contributed by atoms with Gasteiger partial charge in [0.15, 0.2) is 13.2 Å². The van der Waals surface area contributed by atoms with Crippen molar-refractivity contribution < 1.29 is 18.7 Å². The first-order valence-electron chi connectivity index (χ1n) is 10.1. The van der Waals surface area contributed by atoms with Gasteiger partial charge in [0, 0.05) is 10.4 Å². The number of hydrogen-bond acceptors (Lipinski definition) is 7. The zero-order chi connectivity index (χ0) is 23.2. The van der Waals surface area contributed by atoms with Crippen molar-refractivity contribution in [3.05, 3.63) is 87.9 Å². The van der Waals surface area contributed by atoms with Crippen LogP contribution in [0.5, 0.6) is 0 Å². The van der Waals surface area contributed by atoms with Gasteiger partial charge in [0.1, 0.15) is 5.82 Å². The van der Waals surface area contributed by atoms with Gasteiger partial charge < -0.3 is 10.1 Å². The maximum atomic E-state index is 13.3. The van der Waals surface area contributed by atoms with Crippen molar-refractivity contribution in [2.75, 3.05) is 6.61 Å². The molecule has 1 unspecified atom stereocenters. The summed E-state index contributed by atoms with van der Waals surface area (Å²) >= 11 is 1.46. The van der Waals surface area contributed by atoms with E-state index in [1.807, 2.05) is 48.7 Å².